The van der Waals surface area contributed by atoms with E-state index in [1.165, 1.54) is 0 Å². The summed E-state index contributed by atoms with van der Waals surface area (Å²) in [6.07, 6.45) is 0.979. The van der Waals surface area contributed by atoms with E-state index in [1.54, 1.807) is 24.3 Å². The smallest absolute Gasteiger partial charge is 0.323 e. The van der Waals surface area contributed by atoms with E-state index in [4.69, 9.17) is 9.84 Å². The summed E-state index contributed by atoms with van der Waals surface area (Å²) >= 11 is 0. The molecule has 0 heterocycles. The van der Waals surface area contributed by atoms with Crippen LogP contribution >= 0.6 is 0 Å². The first-order chi connectivity index (χ1) is 9.01. The van der Waals surface area contributed by atoms with E-state index in [1.807, 2.05) is 13.8 Å². The maximum absolute atomic E-state index is 11.4. The minimum absolute atomic E-state index is 0.0936. The van der Waals surface area contributed by atoms with Crippen molar-refractivity contribution in [2.24, 2.45) is 0 Å². The lowest BCUT2D eigenvalue weighted by Crippen LogP contribution is -2.33. The summed E-state index contributed by atoms with van der Waals surface area (Å²) in [6.45, 7) is 3.56. The Kier molecular flexibility index (Phi) is 5.66. The summed E-state index contributed by atoms with van der Waals surface area (Å²) in [6, 6.07) is 6.37. The summed E-state index contributed by atoms with van der Waals surface area (Å²) in [5, 5.41) is 13.2. The van der Waals surface area contributed by atoms with Crippen molar-refractivity contribution in [3.05, 3.63) is 24.3 Å². The molecule has 3 N–H and O–H groups in total. The lowest BCUT2D eigenvalue weighted by atomic mass is 10.3. The maximum Gasteiger partial charge on any atom is 0.323 e. The Morgan fingerprint density at radius 1 is 1.42 bits per heavy atom. The van der Waals surface area contributed by atoms with Crippen LogP contribution in [0.1, 0.15) is 20.3 Å². The van der Waals surface area contributed by atoms with E-state index >= 15 is 0 Å². The number of ether oxygens (including phenoxy) is 1. The molecule has 0 radical (unpaired) electrons. The Morgan fingerprint density at radius 3 is 2.79 bits per heavy atom. The molecule has 1 aromatic carbocycles. The van der Waals surface area contributed by atoms with Gasteiger partial charge in [-0.2, -0.15) is 0 Å². The summed E-state index contributed by atoms with van der Waals surface area (Å²) < 4.78 is 5.62. The van der Waals surface area contributed by atoms with E-state index in [0.717, 1.165) is 6.42 Å². The monoisotopic (exact) mass is 266 g/mol. The topological polar surface area (TPSA) is 87.7 Å². The SMILES string of the molecule is CCC(C)Oc1cccc(NC(=O)NCC(=O)O)c1. The second-order valence-corrected chi connectivity index (χ2v) is 4.07. The van der Waals surface area contributed by atoms with Crippen molar-refractivity contribution < 1.29 is 19.4 Å². The van der Waals surface area contributed by atoms with E-state index in [-0.39, 0.29) is 6.10 Å². The number of benzene rings is 1. The molecule has 6 nitrogen and oxygen atoms in total. The van der Waals surface area contributed by atoms with Crippen molar-refractivity contribution in [1.29, 1.82) is 0 Å². The van der Waals surface area contributed by atoms with Gasteiger partial charge >= 0.3 is 12.0 Å². The molecule has 0 aliphatic carbocycles. The Hall–Kier alpha value is -2.24. The van der Waals surface area contributed by atoms with E-state index < -0.39 is 18.5 Å². The molecule has 104 valence electrons. The fourth-order valence-corrected chi connectivity index (χ4v) is 1.29. The van der Waals surface area contributed by atoms with Crippen LogP contribution in [0.3, 0.4) is 0 Å². The van der Waals surface area contributed by atoms with Gasteiger partial charge in [0.2, 0.25) is 0 Å². The summed E-state index contributed by atoms with van der Waals surface area (Å²) in [7, 11) is 0. The van der Waals surface area contributed by atoms with Gasteiger partial charge in [0.05, 0.1) is 6.10 Å². The quantitative estimate of drug-likeness (QED) is 0.735. The van der Waals surface area contributed by atoms with Gasteiger partial charge in [-0.25, -0.2) is 4.79 Å². The van der Waals surface area contributed by atoms with E-state index in [2.05, 4.69) is 10.6 Å². The number of rotatable bonds is 6. The van der Waals surface area contributed by atoms with Gasteiger partial charge in [0.15, 0.2) is 0 Å². The van der Waals surface area contributed by atoms with Gasteiger partial charge in [-0.1, -0.05) is 13.0 Å². The first kappa shape index (κ1) is 14.8. The molecule has 1 unspecified atom stereocenters. The summed E-state index contributed by atoms with van der Waals surface area (Å²) in [5.41, 5.74) is 0.545. The highest BCUT2D eigenvalue weighted by atomic mass is 16.5. The Morgan fingerprint density at radius 2 is 2.16 bits per heavy atom. The normalized spacial score (nSPS) is 11.5. The number of amides is 2. The van der Waals surface area contributed by atoms with Gasteiger partial charge in [-0.3, -0.25) is 4.79 Å². The third kappa shape index (κ3) is 5.76. The molecule has 1 aromatic rings. The highest BCUT2D eigenvalue weighted by Crippen LogP contribution is 2.19. The summed E-state index contributed by atoms with van der Waals surface area (Å²) in [4.78, 5) is 21.7. The Bertz CT molecular complexity index is 448. The van der Waals surface area contributed by atoms with Crippen LogP contribution in [-0.4, -0.2) is 29.8 Å². The number of carboxylic acids is 1. The maximum atomic E-state index is 11.4. The first-order valence-corrected chi connectivity index (χ1v) is 6.04. The van der Waals surface area contributed by atoms with Crippen LogP contribution in [0.25, 0.3) is 0 Å². The Labute approximate surface area is 111 Å². The van der Waals surface area contributed by atoms with Crippen molar-refractivity contribution in [1.82, 2.24) is 5.32 Å². The number of aliphatic carboxylic acids is 1. The van der Waals surface area contributed by atoms with Crippen LogP contribution in [0.5, 0.6) is 5.75 Å². The van der Waals surface area contributed by atoms with Crippen LogP contribution in [0, 0.1) is 0 Å². The molecular weight excluding hydrogens is 248 g/mol. The zero-order chi connectivity index (χ0) is 14.3. The predicted molar refractivity (Wildman–Crippen MR) is 71.5 cm³/mol. The third-order valence-electron chi connectivity index (χ3n) is 2.40. The summed E-state index contributed by atoms with van der Waals surface area (Å²) in [5.74, 6) is -0.436. The number of carbonyl (C=O) groups is 2. The molecule has 0 bridgehead atoms. The minimum atomic E-state index is -1.09. The fraction of sp³-hybridized carbons (Fsp3) is 0.385. The number of hydrogen-bond acceptors (Lipinski definition) is 3. The van der Waals surface area contributed by atoms with Gasteiger partial charge in [-0.05, 0) is 25.5 Å². The second kappa shape index (κ2) is 7.25. The van der Waals surface area contributed by atoms with Gasteiger partial charge < -0.3 is 20.5 Å². The van der Waals surface area contributed by atoms with Crippen molar-refractivity contribution in [2.75, 3.05) is 11.9 Å². The second-order valence-electron chi connectivity index (χ2n) is 4.07. The molecule has 0 fully saturated rings. The van der Waals surface area contributed by atoms with Crippen LogP contribution in [-0.2, 0) is 4.79 Å². The average molecular weight is 266 g/mol. The largest absolute Gasteiger partial charge is 0.491 e. The predicted octanol–water partition coefficient (Wildman–Crippen LogP) is 2.07. The van der Waals surface area contributed by atoms with Gasteiger partial charge in [0, 0.05) is 11.8 Å². The average Bonchev–Trinajstić information content (AvgIpc) is 2.36. The number of hydrogen-bond donors (Lipinski definition) is 3. The van der Waals surface area contributed by atoms with Gasteiger partial charge in [-0.15, -0.1) is 0 Å². The molecule has 2 amide bonds. The molecule has 6 heteroatoms. The van der Waals surface area contributed by atoms with Gasteiger partial charge in [0.1, 0.15) is 12.3 Å². The van der Waals surface area contributed by atoms with Crippen LogP contribution in [0.15, 0.2) is 24.3 Å². The van der Waals surface area contributed by atoms with Gasteiger partial charge in [0.25, 0.3) is 0 Å². The van der Waals surface area contributed by atoms with Crippen LogP contribution in [0.4, 0.5) is 10.5 Å². The molecule has 1 atom stereocenters. The zero-order valence-electron chi connectivity index (χ0n) is 11.0. The standard InChI is InChI=1S/C13H18N2O4/c1-3-9(2)19-11-6-4-5-10(7-11)15-13(18)14-8-12(16)17/h4-7,9H,3,8H2,1-2H3,(H,16,17)(H2,14,15,18). The van der Waals surface area contributed by atoms with Crippen molar-refractivity contribution >= 4 is 17.7 Å². The lowest BCUT2D eigenvalue weighted by molar-refractivity contribution is -0.135. The minimum Gasteiger partial charge on any atom is -0.491 e. The number of nitrogens with one attached hydrogen (secondary N) is 2. The van der Waals surface area contributed by atoms with Crippen LogP contribution in [0.2, 0.25) is 0 Å². The molecule has 1 rings (SSSR count). The number of urea groups is 1. The third-order valence-corrected chi connectivity index (χ3v) is 2.40. The van der Waals surface area contributed by atoms with E-state index in [9.17, 15) is 9.59 Å². The number of carbonyl (C=O) groups excluding carboxylic acids is 1. The molecule has 0 saturated carbocycles. The molecule has 0 aromatic heterocycles. The van der Waals surface area contributed by atoms with Crippen molar-refractivity contribution in [2.45, 2.75) is 26.4 Å². The van der Waals surface area contributed by atoms with Crippen molar-refractivity contribution in [3.8, 4) is 5.75 Å². The van der Waals surface area contributed by atoms with Crippen LogP contribution < -0.4 is 15.4 Å². The molecule has 0 aliphatic rings. The molecule has 0 aliphatic heterocycles. The van der Waals surface area contributed by atoms with Crippen molar-refractivity contribution in [3.63, 3.8) is 0 Å². The van der Waals surface area contributed by atoms with E-state index in [0.29, 0.717) is 11.4 Å². The highest BCUT2D eigenvalue weighted by molar-refractivity contribution is 5.91. The zero-order valence-corrected chi connectivity index (χ0v) is 11.0. The highest BCUT2D eigenvalue weighted by Gasteiger charge is 2.06. The molecule has 0 saturated heterocycles. The molecular formula is C13H18N2O4. The number of anilines is 1. The fourth-order valence-electron chi connectivity index (χ4n) is 1.29. The molecule has 0 spiro atoms. The Balaban J connectivity index is 2.56. The molecule has 19 heavy (non-hydrogen) atoms. The lowest BCUT2D eigenvalue weighted by Gasteiger charge is -2.13. The number of carboxylic acid groups (broad SMARTS) is 1. The first-order valence-electron chi connectivity index (χ1n) is 6.04.